The van der Waals surface area contributed by atoms with Crippen molar-refractivity contribution in [3.63, 3.8) is 0 Å². The zero-order chi connectivity index (χ0) is 14.5. The van der Waals surface area contributed by atoms with E-state index < -0.39 is 12.0 Å². The molecule has 0 aromatic carbocycles. The first-order valence-corrected chi connectivity index (χ1v) is 7.34. The van der Waals surface area contributed by atoms with Gasteiger partial charge in [-0.1, -0.05) is 0 Å². The normalized spacial score (nSPS) is 11.9. The minimum absolute atomic E-state index is 0.154. The van der Waals surface area contributed by atoms with Crippen LogP contribution in [0.25, 0.3) is 0 Å². The fourth-order valence-electron chi connectivity index (χ4n) is 1.36. The number of methoxy groups -OCH3 is 1. The van der Waals surface area contributed by atoms with Gasteiger partial charge in [0, 0.05) is 23.4 Å². The van der Waals surface area contributed by atoms with E-state index in [2.05, 4.69) is 20.0 Å². The van der Waals surface area contributed by atoms with Gasteiger partial charge >= 0.3 is 5.97 Å². The maximum atomic E-state index is 11.9. The minimum Gasteiger partial charge on any atom is -0.464 e. The molecule has 0 bridgehead atoms. The van der Waals surface area contributed by atoms with E-state index >= 15 is 0 Å². The third kappa shape index (κ3) is 3.59. The highest BCUT2D eigenvalue weighted by atomic mass is 32.1. The number of esters is 1. The molecule has 0 fully saturated rings. The van der Waals surface area contributed by atoms with E-state index in [-0.39, 0.29) is 11.6 Å². The number of ether oxygens (including phenoxy) is 1. The van der Waals surface area contributed by atoms with Gasteiger partial charge in [-0.2, -0.15) is 0 Å². The van der Waals surface area contributed by atoms with Gasteiger partial charge in [-0.25, -0.2) is 14.8 Å². The molecule has 2 heterocycles. The molecular weight excluding hydrogens is 300 g/mol. The van der Waals surface area contributed by atoms with E-state index in [0.717, 1.165) is 16.3 Å². The fourth-order valence-corrected chi connectivity index (χ4v) is 2.72. The predicted octanol–water partition coefficient (Wildman–Crippen LogP) is 0.895. The third-order valence-electron chi connectivity index (χ3n) is 2.34. The first-order valence-electron chi connectivity index (χ1n) is 5.59. The Bertz CT molecular complexity index is 597. The summed E-state index contributed by atoms with van der Waals surface area (Å²) in [6.45, 7) is 0. The summed E-state index contributed by atoms with van der Waals surface area (Å²) in [6.07, 6.45) is 2.02. The van der Waals surface area contributed by atoms with E-state index in [1.54, 1.807) is 6.20 Å². The Kier molecular flexibility index (Phi) is 4.77. The Hall–Kier alpha value is -1.84. The van der Waals surface area contributed by atoms with Crippen LogP contribution in [-0.2, 0) is 16.0 Å². The van der Waals surface area contributed by atoms with E-state index in [0.29, 0.717) is 11.6 Å². The largest absolute Gasteiger partial charge is 0.464 e. The summed E-state index contributed by atoms with van der Waals surface area (Å²) < 4.78 is 4.53. The highest BCUT2D eigenvalue weighted by Gasteiger charge is 2.18. The highest BCUT2D eigenvalue weighted by Crippen LogP contribution is 2.16. The Morgan fingerprint density at radius 1 is 1.50 bits per heavy atom. The van der Waals surface area contributed by atoms with Crippen molar-refractivity contribution in [1.82, 2.24) is 9.97 Å². The number of amides is 1. The predicted molar refractivity (Wildman–Crippen MR) is 75.9 cm³/mol. The van der Waals surface area contributed by atoms with Gasteiger partial charge in [0.1, 0.15) is 0 Å². The molecular formula is C11H12N4O3S2. The van der Waals surface area contributed by atoms with Crippen molar-refractivity contribution in [2.75, 3.05) is 12.4 Å². The number of rotatable bonds is 5. The second-order valence-electron chi connectivity index (χ2n) is 3.76. The van der Waals surface area contributed by atoms with Crippen molar-refractivity contribution in [3.8, 4) is 0 Å². The van der Waals surface area contributed by atoms with Gasteiger partial charge in [0.05, 0.1) is 18.2 Å². The lowest BCUT2D eigenvalue weighted by Crippen LogP contribution is -2.37. The molecule has 2 aromatic rings. The summed E-state index contributed by atoms with van der Waals surface area (Å²) in [7, 11) is 1.27. The summed E-state index contributed by atoms with van der Waals surface area (Å²) >= 11 is 2.58. The van der Waals surface area contributed by atoms with Crippen molar-refractivity contribution >= 4 is 39.7 Å². The number of hydrogen-bond donors (Lipinski definition) is 2. The lowest BCUT2D eigenvalue weighted by atomic mass is 10.2. The maximum Gasteiger partial charge on any atom is 0.357 e. The molecule has 1 atom stereocenters. The molecule has 0 aliphatic rings. The Morgan fingerprint density at radius 2 is 2.30 bits per heavy atom. The average molecular weight is 312 g/mol. The topological polar surface area (TPSA) is 107 Å². The zero-order valence-electron chi connectivity index (χ0n) is 10.5. The van der Waals surface area contributed by atoms with Gasteiger partial charge in [-0.05, 0) is 0 Å². The maximum absolute atomic E-state index is 11.9. The highest BCUT2D eigenvalue weighted by molar-refractivity contribution is 7.14. The number of nitrogens with one attached hydrogen (secondary N) is 1. The average Bonchev–Trinajstić information content (AvgIpc) is 3.09. The number of aromatic nitrogens is 2. The van der Waals surface area contributed by atoms with Gasteiger partial charge in [0.25, 0.3) is 0 Å². The number of hydrogen-bond acceptors (Lipinski definition) is 8. The zero-order valence-corrected chi connectivity index (χ0v) is 12.2. The first kappa shape index (κ1) is 14.6. The Labute approximate surface area is 122 Å². The molecule has 1 amide bonds. The standard InChI is InChI=1S/C11H12N4O3S2/c1-18-10(17)7-5-20-11(14-7)15-9(16)6(12)4-8-13-2-3-19-8/h2-3,5-6H,4,12H2,1H3,(H,14,15,16). The van der Waals surface area contributed by atoms with Crippen LogP contribution in [0.15, 0.2) is 17.0 Å². The number of nitrogens with two attached hydrogens (primary N) is 1. The molecule has 3 N–H and O–H groups in total. The summed E-state index contributed by atoms with van der Waals surface area (Å²) in [5.41, 5.74) is 5.94. The molecule has 7 nitrogen and oxygen atoms in total. The van der Waals surface area contributed by atoms with Crippen LogP contribution in [0.3, 0.4) is 0 Å². The molecule has 0 saturated carbocycles. The smallest absolute Gasteiger partial charge is 0.357 e. The summed E-state index contributed by atoms with van der Waals surface area (Å²) in [5.74, 6) is -0.917. The molecule has 0 aliphatic carbocycles. The summed E-state index contributed by atoms with van der Waals surface area (Å²) in [5, 5.41) is 7.00. The van der Waals surface area contributed by atoms with E-state index in [9.17, 15) is 9.59 Å². The first-order chi connectivity index (χ1) is 9.60. The van der Waals surface area contributed by atoms with Crippen LogP contribution in [0.1, 0.15) is 15.5 Å². The SMILES string of the molecule is COC(=O)c1csc(NC(=O)C(N)Cc2nccs2)n1. The number of thiazole rings is 2. The molecule has 20 heavy (non-hydrogen) atoms. The lowest BCUT2D eigenvalue weighted by Gasteiger charge is -2.08. The van der Waals surface area contributed by atoms with Crippen molar-refractivity contribution < 1.29 is 14.3 Å². The summed E-state index contributed by atoms with van der Waals surface area (Å²) in [4.78, 5) is 31.1. The van der Waals surface area contributed by atoms with Crippen molar-refractivity contribution in [2.24, 2.45) is 5.73 Å². The summed E-state index contributed by atoms with van der Waals surface area (Å²) in [6, 6.07) is -0.716. The Morgan fingerprint density at radius 3 is 2.95 bits per heavy atom. The van der Waals surface area contributed by atoms with Crippen molar-refractivity contribution in [1.29, 1.82) is 0 Å². The second-order valence-corrected chi connectivity index (χ2v) is 5.59. The number of carbonyl (C=O) groups is 2. The molecule has 0 spiro atoms. The molecule has 2 rings (SSSR count). The van der Waals surface area contributed by atoms with E-state index in [4.69, 9.17) is 5.73 Å². The molecule has 0 saturated heterocycles. The molecule has 0 radical (unpaired) electrons. The Balaban J connectivity index is 1.93. The van der Waals surface area contributed by atoms with Gasteiger partial charge in [0.15, 0.2) is 10.8 Å². The van der Waals surface area contributed by atoms with Gasteiger partial charge in [0.2, 0.25) is 5.91 Å². The van der Waals surface area contributed by atoms with Crippen LogP contribution in [0.2, 0.25) is 0 Å². The number of nitrogens with zero attached hydrogens (tertiary/aromatic N) is 2. The van der Waals surface area contributed by atoms with Gasteiger partial charge in [-0.15, -0.1) is 22.7 Å². The van der Waals surface area contributed by atoms with Crippen LogP contribution in [0, 0.1) is 0 Å². The van der Waals surface area contributed by atoms with E-state index in [1.807, 2.05) is 5.38 Å². The molecule has 0 aliphatic heterocycles. The van der Waals surface area contributed by atoms with Crippen molar-refractivity contribution in [3.05, 3.63) is 27.7 Å². The van der Waals surface area contributed by atoms with Gasteiger partial charge in [-0.3, -0.25) is 4.79 Å². The number of anilines is 1. The van der Waals surface area contributed by atoms with Gasteiger partial charge < -0.3 is 15.8 Å². The molecule has 106 valence electrons. The lowest BCUT2D eigenvalue weighted by molar-refractivity contribution is -0.117. The van der Waals surface area contributed by atoms with Crippen LogP contribution in [-0.4, -0.2) is 35.0 Å². The quantitative estimate of drug-likeness (QED) is 0.794. The fraction of sp³-hybridized carbons (Fsp3) is 0.273. The minimum atomic E-state index is -0.716. The molecule has 9 heteroatoms. The van der Waals surface area contributed by atoms with Crippen molar-refractivity contribution in [2.45, 2.75) is 12.5 Å². The van der Waals surface area contributed by atoms with E-state index in [1.165, 1.54) is 23.8 Å². The van der Waals surface area contributed by atoms with Crippen LogP contribution < -0.4 is 11.1 Å². The monoisotopic (exact) mass is 312 g/mol. The van der Waals surface area contributed by atoms with Crippen LogP contribution in [0.4, 0.5) is 5.13 Å². The molecule has 1 unspecified atom stereocenters. The van der Waals surface area contributed by atoms with Crippen LogP contribution >= 0.6 is 22.7 Å². The number of carbonyl (C=O) groups excluding carboxylic acids is 2. The third-order valence-corrected chi connectivity index (χ3v) is 3.90. The molecule has 2 aromatic heterocycles. The second kappa shape index (κ2) is 6.55. The van der Waals surface area contributed by atoms with Crippen LogP contribution in [0.5, 0.6) is 0 Å².